The first-order chi connectivity index (χ1) is 9.06. The molecule has 2 N–H and O–H groups in total. The molecule has 2 nitrogen and oxygen atoms in total. The Morgan fingerprint density at radius 3 is 2.63 bits per heavy atom. The second-order valence-electron chi connectivity index (χ2n) is 4.74. The Morgan fingerprint density at radius 2 is 1.95 bits per heavy atom. The minimum atomic E-state index is -0.227. The predicted octanol–water partition coefficient (Wildman–Crippen LogP) is 3.52. The zero-order valence-corrected chi connectivity index (χ0v) is 11.2. The second kappa shape index (κ2) is 5.85. The van der Waals surface area contributed by atoms with Crippen LogP contribution in [0.4, 0.5) is 4.39 Å². The molecule has 0 fully saturated rings. The number of halogens is 1. The topological polar surface area (TPSA) is 35.2 Å². The fourth-order valence-corrected chi connectivity index (χ4v) is 1.89. The van der Waals surface area contributed by atoms with Crippen LogP contribution in [-0.4, -0.2) is 6.61 Å². The molecule has 1 unspecified atom stereocenters. The highest BCUT2D eigenvalue weighted by Crippen LogP contribution is 2.18. The van der Waals surface area contributed by atoms with Gasteiger partial charge in [-0.05, 0) is 43.2 Å². The number of aryl methyl sites for hydroxylation is 2. The van der Waals surface area contributed by atoms with Gasteiger partial charge in [0.1, 0.15) is 18.2 Å². The standard InChI is InChI=1S/C16H18FNO/c1-11-4-3-5-13(8-11)16(18)10-19-14-6-7-15(17)12(2)9-14/h3-9,16H,10,18H2,1-2H3. The number of hydrogen-bond donors (Lipinski definition) is 1. The smallest absolute Gasteiger partial charge is 0.126 e. The van der Waals surface area contributed by atoms with Crippen molar-refractivity contribution in [1.29, 1.82) is 0 Å². The molecular weight excluding hydrogens is 241 g/mol. The van der Waals surface area contributed by atoms with Crippen molar-refractivity contribution in [3.8, 4) is 5.75 Å². The second-order valence-corrected chi connectivity index (χ2v) is 4.74. The van der Waals surface area contributed by atoms with Gasteiger partial charge in [0.05, 0.1) is 6.04 Å². The van der Waals surface area contributed by atoms with E-state index in [0.717, 1.165) is 5.56 Å². The molecule has 0 aliphatic rings. The lowest BCUT2D eigenvalue weighted by atomic mass is 10.1. The third-order valence-corrected chi connectivity index (χ3v) is 3.03. The lowest BCUT2D eigenvalue weighted by molar-refractivity contribution is 0.290. The van der Waals surface area contributed by atoms with E-state index < -0.39 is 0 Å². The van der Waals surface area contributed by atoms with Gasteiger partial charge in [0.2, 0.25) is 0 Å². The van der Waals surface area contributed by atoms with E-state index in [4.69, 9.17) is 10.5 Å². The summed E-state index contributed by atoms with van der Waals surface area (Å²) in [5, 5.41) is 0. The first-order valence-electron chi connectivity index (χ1n) is 6.27. The zero-order valence-electron chi connectivity index (χ0n) is 11.2. The normalized spacial score (nSPS) is 12.2. The molecule has 0 spiro atoms. The molecule has 2 aromatic rings. The van der Waals surface area contributed by atoms with Gasteiger partial charge in [-0.2, -0.15) is 0 Å². The largest absolute Gasteiger partial charge is 0.492 e. The molecule has 2 aromatic carbocycles. The van der Waals surface area contributed by atoms with Gasteiger partial charge in [0.15, 0.2) is 0 Å². The molecule has 0 heterocycles. The highest BCUT2D eigenvalue weighted by atomic mass is 19.1. The van der Waals surface area contributed by atoms with Crippen LogP contribution in [0.2, 0.25) is 0 Å². The summed E-state index contributed by atoms with van der Waals surface area (Å²) in [6, 6.07) is 12.5. The maximum atomic E-state index is 13.1. The van der Waals surface area contributed by atoms with Gasteiger partial charge in [0.25, 0.3) is 0 Å². The van der Waals surface area contributed by atoms with Crippen LogP contribution in [-0.2, 0) is 0 Å². The van der Waals surface area contributed by atoms with E-state index >= 15 is 0 Å². The monoisotopic (exact) mass is 259 g/mol. The molecule has 0 saturated carbocycles. The van der Waals surface area contributed by atoms with Crippen molar-refractivity contribution in [2.75, 3.05) is 6.61 Å². The number of ether oxygens (including phenoxy) is 1. The van der Waals surface area contributed by atoms with Gasteiger partial charge in [-0.1, -0.05) is 29.8 Å². The van der Waals surface area contributed by atoms with Gasteiger partial charge in [-0.15, -0.1) is 0 Å². The van der Waals surface area contributed by atoms with Gasteiger partial charge < -0.3 is 10.5 Å². The van der Waals surface area contributed by atoms with E-state index in [-0.39, 0.29) is 11.9 Å². The van der Waals surface area contributed by atoms with E-state index in [0.29, 0.717) is 17.9 Å². The van der Waals surface area contributed by atoms with Crippen molar-refractivity contribution >= 4 is 0 Å². The average molecular weight is 259 g/mol. The molecule has 0 radical (unpaired) electrons. The lowest BCUT2D eigenvalue weighted by Crippen LogP contribution is -2.19. The maximum Gasteiger partial charge on any atom is 0.126 e. The van der Waals surface area contributed by atoms with Crippen LogP contribution < -0.4 is 10.5 Å². The van der Waals surface area contributed by atoms with Crippen LogP contribution in [0.5, 0.6) is 5.75 Å². The van der Waals surface area contributed by atoms with Crippen molar-refractivity contribution in [3.05, 3.63) is 65.0 Å². The van der Waals surface area contributed by atoms with Crippen molar-refractivity contribution in [2.45, 2.75) is 19.9 Å². The maximum absolute atomic E-state index is 13.1. The molecule has 0 saturated heterocycles. The van der Waals surface area contributed by atoms with E-state index in [9.17, 15) is 4.39 Å². The zero-order chi connectivity index (χ0) is 13.8. The summed E-state index contributed by atoms with van der Waals surface area (Å²) < 4.78 is 18.7. The van der Waals surface area contributed by atoms with Crippen molar-refractivity contribution in [1.82, 2.24) is 0 Å². The summed E-state index contributed by atoms with van der Waals surface area (Å²) in [7, 11) is 0. The number of hydrogen-bond acceptors (Lipinski definition) is 2. The molecule has 3 heteroatoms. The van der Waals surface area contributed by atoms with Gasteiger partial charge in [0, 0.05) is 0 Å². The third kappa shape index (κ3) is 3.55. The minimum absolute atomic E-state index is 0.190. The van der Waals surface area contributed by atoms with Crippen LogP contribution in [0.15, 0.2) is 42.5 Å². The Balaban J connectivity index is 2.00. The highest BCUT2D eigenvalue weighted by Gasteiger charge is 2.07. The van der Waals surface area contributed by atoms with Crippen LogP contribution in [0.25, 0.3) is 0 Å². The first-order valence-corrected chi connectivity index (χ1v) is 6.27. The van der Waals surface area contributed by atoms with Crippen LogP contribution in [0, 0.1) is 19.7 Å². The van der Waals surface area contributed by atoms with E-state index in [1.807, 2.05) is 31.2 Å². The van der Waals surface area contributed by atoms with E-state index in [1.165, 1.54) is 11.6 Å². The quantitative estimate of drug-likeness (QED) is 0.911. The van der Waals surface area contributed by atoms with Gasteiger partial charge in [-0.3, -0.25) is 0 Å². The molecule has 0 aromatic heterocycles. The molecular formula is C16H18FNO. The highest BCUT2D eigenvalue weighted by molar-refractivity contribution is 5.29. The Bertz CT molecular complexity index is 568. The molecule has 0 aliphatic heterocycles. The lowest BCUT2D eigenvalue weighted by Gasteiger charge is -2.14. The summed E-state index contributed by atoms with van der Waals surface area (Å²) >= 11 is 0. The van der Waals surface area contributed by atoms with Crippen molar-refractivity contribution in [3.63, 3.8) is 0 Å². The first kappa shape index (κ1) is 13.6. The number of benzene rings is 2. The van der Waals surface area contributed by atoms with Crippen molar-refractivity contribution in [2.24, 2.45) is 5.73 Å². The Labute approximate surface area is 113 Å². The fourth-order valence-electron chi connectivity index (χ4n) is 1.89. The summed E-state index contributed by atoms with van der Waals surface area (Å²) in [5.74, 6) is 0.414. The summed E-state index contributed by atoms with van der Waals surface area (Å²) in [4.78, 5) is 0. The summed E-state index contributed by atoms with van der Waals surface area (Å²) in [6.07, 6.45) is 0. The Hall–Kier alpha value is -1.87. The van der Waals surface area contributed by atoms with E-state index in [2.05, 4.69) is 0 Å². The number of rotatable bonds is 4. The SMILES string of the molecule is Cc1cccc(C(N)COc2ccc(F)c(C)c2)c1. The Kier molecular flexibility index (Phi) is 4.17. The van der Waals surface area contributed by atoms with Crippen LogP contribution in [0.3, 0.4) is 0 Å². The number of nitrogens with two attached hydrogens (primary N) is 1. The Morgan fingerprint density at radius 1 is 1.16 bits per heavy atom. The molecule has 0 amide bonds. The van der Waals surface area contributed by atoms with Gasteiger partial charge >= 0.3 is 0 Å². The predicted molar refractivity (Wildman–Crippen MR) is 74.7 cm³/mol. The van der Waals surface area contributed by atoms with Crippen molar-refractivity contribution < 1.29 is 9.13 Å². The molecule has 1 atom stereocenters. The molecule has 0 bridgehead atoms. The summed E-state index contributed by atoms with van der Waals surface area (Å²) in [5.41, 5.74) is 8.86. The fraction of sp³-hybridized carbons (Fsp3) is 0.250. The minimum Gasteiger partial charge on any atom is -0.492 e. The van der Waals surface area contributed by atoms with E-state index in [1.54, 1.807) is 19.1 Å². The van der Waals surface area contributed by atoms with Gasteiger partial charge in [-0.25, -0.2) is 4.39 Å². The third-order valence-electron chi connectivity index (χ3n) is 3.03. The van der Waals surface area contributed by atoms with Crippen LogP contribution in [0.1, 0.15) is 22.7 Å². The molecule has 0 aliphatic carbocycles. The molecule has 2 rings (SSSR count). The molecule has 100 valence electrons. The van der Waals surface area contributed by atoms with Crippen LogP contribution >= 0.6 is 0 Å². The molecule has 19 heavy (non-hydrogen) atoms. The summed E-state index contributed by atoms with van der Waals surface area (Å²) in [6.45, 7) is 4.11. The average Bonchev–Trinajstić information content (AvgIpc) is 2.40.